The maximum Gasteiger partial charge on any atom is 0.239 e. The number of amidine groups is 1. The van der Waals surface area contributed by atoms with Crippen molar-refractivity contribution in [3.05, 3.63) is 64.5 Å². The number of aromatic nitrogens is 1. The third-order valence-corrected chi connectivity index (χ3v) is 8.52. The summed E-state index contributed by atoms with van der Waals surface area (Å²) in [6.07, 6.45) is 4.26. The van der Waals surface area contributed by atoms with Crippen LogP contribution in [-0.2, 0) is 21.5 Å². The Morgan fingerprint density at radius 3 is 2.88 bits per heavy atom. The Hall–Kier alpha value is -3.22. The molecule has 172 valence electrons. The van der Waals surface area contributed by atoms with Gasteiger partial charge in [-0.3, -0.25) is 14.8 Å². The number of halogens is 1. The van der Waals surface area contributed by atoms with Gasteiger partial charge >= 0.3 is 0 Å². The van der Waals surface area contributed by atoms with E-state index in [9.17, 15) is 9.18 Å². The van der Waals surface area contributed by atoms with Gasteiger partial charge in [0.15, 0.2) is 5.17 Å². The molecule has 0 radical (unpaired) electrons. The number of rotatable bonds is 3. The summed E-state index contributed by atoms with van der Waals surface area (Å²) in [7, 11) is 0. The van der Waals surface area contributed by atoms with Crippen molar-refractivity contribution in [2.75, 3.05) is 26.3 Å². The minimum absolute atomic E-state index is 0.0735. The fourth-order valence-corrected chi connectivity index (χ4v) is 6.85. The number of carbonyl (C=O) groups is 1. The fourth-order valence-electron chi connectivity index (χ4n) is 5.46. The molecule has 0 bridgehead atoms. The SMILES string of the molecule is N#Cc1ccc(/C(F)=C/c2ccc3c(c2)[C@@]2(C3)N=C(N)S[C@@]3(C(=O)N4CCOCC4)C[C@H]32)nc1. The van der Waals surface area contributed by atoms with E-state index >= 15 is 0 Å². The highest BCUT2D eigenvalue weighted by Gasteiger charge is 2.74. The number of morpholine rings is 1. The molecule has 1 spiro atoms. The van der Waals surface area contributed by atoms with Crippen molar-refractivity contribution in [1.82, 2.24) is 9.88 Å². The summed E-state index contributed by atoms with van der Waals surface area (Å²) < 4.78 is 19.7. The van der Waals surface area contributed by atoms with Crippen molar-refractivity contribution < 1.29 is 13.9 Å². The van der Waals surface area contributed by atoms with E-state index in [-0.39, 0.29) is 17.5 Å². The molecule has 2 aliphatic heterocycles. The molecule has 3 heterocycles. The number of nitrogens with zero attached hydrogens (tertiary/aromatic N) is 4. The van der Waals surface area contributed by atoms with Crippen molar-refractivity contribution >= 4 is 34.7 Å². The number of benzene rings is 1. The van der Waals surface area contributed by atoms with Gasteiger partial charge in [0.1, 0.15) is 16.6 Å². The Morgan fingerprint density at radius 2 is 2.15 bits per heavy atom. The number of ether oxygens (including phenoxy) is 1. The monoisotopic (exact) mass is 475 g/mol. The van der Waals surface area contributed by atoms with Crippen LogP contribution in [0.2, 0.25) is 0 Å². The van der Waals surface area contributed by atoms with Crippen LogP contribution in [-0.4, -0.2) is 52.0 Å². The van der Waals surface area contributed by atoms with Crippen LogP contribution < -0.4 is 5.73 Å². The molecule has 9 heteroatoms. The van der Waals surface area contributed by atoms with E-state index < -0.39 is 16.1 Å². The molecule has 4 aliphatic rings. The quantitative estimate of drug-likeness (QED) is 0.732. The normalized spacial score (nSPS) is 29.4. The second-order valence-electron chi connectivity index (χ2n) is 9.16. The van der Waals surface area contributed by atoms with Crippen LogP contribution in [0.5, 0.6) is 0 Å². The standard InChI is InChI=1S/C25H22FN5O2S/c26-19(20-4-2-16(13-27)14-29-20)10-15-1-3-17-11-24(18(17)9-15)21-12-25(21,34-23(28)30-24)22(32)31-5-7-33-8-6-31/h1-4,9-10,14,21H,5-8,11-12H2,(H2,28,30)/b19-10-/t21-,24+,25-/m0/s1. The Kier molecular flexibility index (Phi) is 4.80. The smallest absolute Gasteiger partial charge is 0.239 e. The molecular weight excluding hydrogens is 453 g/mol. The van der Waals surface area contributed by atoms with Gasteiger partial charge in [0.25, 0.3) is 0 Å². The highest BCUT2D eigenvalue weighted by molar-refractivity contribution is 8.15. The molecule has 1 amide bonds. The minimum atomic E-state index is -0.565. The molecule has 7 nitrogen and oxygen atoms in total. The zero-order chi connectivity index (χ0) is 23.5. The first-order valence-corrected chi connectivity index (χ1v) is 12.1. The molecule has 34 heavy (non-hydrogen) atoms. The number of amides is 1. The van der Waals surface area contributed by atoms with E-state index in [0.29, 0.717) is 42.6 Å². The van der Waals surface area contributed by atoms with Gasteiger partial charge in [-0.05, 0) is 47.4 Å². The highest BCUT2D eigenvalue weighted by atomic mass is 32.2. The van der Waals surface area contributed by atoms with Crippen molar-refractivity contribution in [1.29, 1.82) is 5.26 Å². The first-order valence-electron chi connectivity index (χ1n) is 11.2. The van der Waals surface area contributed by atoms with Crippen molar-refractivity contribution in [3.63, 3.8) is 0 Å². The number of pyridine rings is 1. The lowest BCUT2D eigenvalue weighted by Gasteiger charge is -2.45. The van der Waals surface area contributed by atoms with Crippen LogP contribution in [0.1, 0.15) is 34.4 Å². The molecule has 2 aliphatic carbocycles. The fraction of sp³-hybridized carbons (Fsp3) is 0.360. The van der Waals surface area contributed by atoms with Gasteiger partial charge in [0, 0.05) is 31.6 Å². The topological polar surface area (TPSA) is 105 Å². The number of hydrogen-bond donors (Lipinski definition) is 1. The summed E-state index contributed by atoms with van der Waals surface area (Å²) in [5, 5.41) is 9.35. The molecular formula is C25H22FN5O2S. The zero-order valence-corrected chi connectivity index (χ0v) is 19.1. The molecule has 3 atom stereocenters. The van der Waals surface area contributed by atoms with Gasteiger partial charge in [0.2, 0.25) is 5.91 Å². The Labute approximate surface area is 200 Å². The van der Waals surface area contributed by atoms with E-state index in [1.165, 1.54) is 36.2 Å². The second-order valence-corrected chi connectivity index (χ2v) is 10.5. The number of aliphatic imine (C=N–C) groups is 1. The number of thioether (sulfide) groups is 1. The van der Waals surface area contributed by atoms with Crippen molar-refractivity contribution in [2.45, 2.75) is 23.1 Å². The van der Waals surface area contributed by atoms with Gasteiger partial charge in [0.05, 0.1) is 30.0 Å². The van der Waals surface area contributed by atoms with E-state index in [1.54, 1.807) is 0 Å². The molecule has 1 saturated carbocycles. The zero-order valence-electron chi connectivity index (χ0n) is 18.3. The summed E-state index contributed by atoms with van der Waals surface area (Å²) in [5.41, 5.74) is 9.17. The van der Waals surface area contributed by atoms with Crippen LogP contribution in [0.15, 0.2) is 41.5 Å². The van der Waals surface area contributed by atoms with Crippen molar-refractivity contribution in [3.8, 4) is 6.07 Å². The number of fused-ring (bicyclic) bond motifs is 4. The van der Waals surface area contributed by atoms with E-state index in [2.05, 4.69) is 4.98 Å². The lowest BCUT2D eigenvalue weighted by Crippen LogP contribution is -2.52. The Morgan fingerprint density at radius 1 is 1.32 bits per heavy atom. The first-order chi connectivity index (χ1) is 16.4. The highest BCUT2D eigenvalue weighted by Crippen LogP contribution is 2.70. The average molecular weight is 476 g/mol. The molecule has 2 fully saturated rings. The van der Waals surface area contributed by atoms with Gasteiger partial charge in [-0.1, -0.05) is 23.9 Å². The lowest BCUT2D eigenvalue weighted by molar-refractivity contribution is -0.136. The predicted octanol–water partition coefficient (Wildman–Crippen LogP) is 2.85. The predicted molar refractivity (Wildman–Crippen MR) is 127 cm³/mol. The van der Waals surface area contributed by atoms with Crippen LogP contribution in [0, 0.1) is 17.2 Å². The van der Waals surface area contributed by atoms with Crippen LogP contribution >= 0.6 is 11.8 Å². The first kappa shape index (κ1) is 21.3. The second kappa shape index (κ2) is 7.65. The Balaban J connectivity index is 1.30. The van der Waals surface area contributed by atoms with Crippen molar-refractivity contribution in [2.24, 2.45) is 16.6 Å². The van der Waals surface area contributed by atoms with Gasteiger partial charge < -0.3 is 15.4 Å². The molecule has 1 aromatic carbocycles. The van der Waals surface area contributed by atoms with E-state index in [1.807, 2.05) is 29.2 Å². The van der Waals surface area contributed by atoms with Crippen LogP contribution in [0.25, 0.3) is 11.9 Å². The van der Waals surface area contributed by atoms with Gasteiger partial charge in [-0.25, -0.2) is 4.39 Å². The van der Waals surface area contributed by atoms with E-state index in [0.717, 1.165) is 24.0 Å². The molecule has 2 N–H and O–H groups in total. The number of carbonyl (C=O) groups excluding carboxylic acids is 1. The third kappa shape index (κ3) is 3.16. The molecule has 0 unspecified atom stereocenters. The maximum atomic E-state index is 14.9. The largest absolute Gasteiger partial charge is 0.378 e. The lowest BCUT2D eigenvalue weighted by atomic mass is 9.66. The number of nitrogens with two attached hydrogens (primary N) is 1. The molecule has 1 aromatic heterocycles. The number of nitriles is 1. The molecule has 6 rings (SSSR count). The summed E-state index contributed by atoms with van der Waals surface area (Å²) in [5.74, 6) is -0.279. The van der Waals surface area contributed by atoms with Crippen LogP contribution in [0.3, 0.4) is 0 Å². The average Bonchev–Trinajstić information content (AvgIpc) is 3.60. The summed E-state index contributed by atoms with van der Waals surface area (Å²) in [6, 6.07) is 10.8. The third-order valence-electron chi connectivity index (χ3n) is 7.23. The number of hydrogen-bond acceptors (Lipinski definition) is 7. The van der Waals surface area contributed by atoms with Gasteiger partial charge in [-0.15, -0.1) is 0 Å². The summed E-state index contributed by atoms with van der Waals surface area (Å²) in [6.45, 7) is 2.33. The molecule has 1 saturated heterocycles. The minimum Gasteiger partial charge on any atom is -0.378 e. The summed E-state index contributed by atoms with van der Waals surface area (Å²) in [4.78, 5) is 24.2. The maximum absolute atomic E-state index is 14.9. The van der Waals surface area contributed by atoms with Gasteiger partial charge in [-0.2, -0.15) is 5.26 Å². The van der Waals surface area contributed by atoms with Crippen LogP contribution in [0.4, 0.5) is 4.39 Å². The van der Waals surface area contributed by atoms with E-state index in [4.69, 9.17) is 20.7 Å². The molecule has 2 aromatic rings. The Bertz CT molecular complexity index is 1300. The summed E-state index contributed by atoms with van der Waals surface area (Å²) >= 11 is 1.40.